The van der Waals surface area contributed by atoms with E-state index in [2.05, 4.69) is 5.32 Å². The minimum Gasteiger partial charge on any atom is -0.478 e. The van der Waals surface area contributed by atoms with Crippen LogP contribution in [0.4, 0.5) is 0 Å². The molecule has 0 saturated heterocycles. The highest BCUT2D eigenvalue weighted by Crippen LogP contribution is 2.25. The summed E-state index contributed by atoms with van der Waals surface area (Å²) in [5.41, 5.74) is 0. The molecule has 0 radical (unpaired) electrons. The van der Waals surface area contributed by atoms with Crippen molar-refractivity contribution in [2.45, 2.75) is 18.9 Å². The first kappa shape index (κ1) is 10.2. The molecule has 1 fully saturated rings. The maximum Gasteiger partial charge on any atom is 0.328 e. The molecular formula is C9H15NO3. The number of hydrogen-bond acceptors (Lipinski definition) is 3. The summed E-state index contributed by atoms with van der Waals surface area (Å²) in [6.07, 6.45) is 4.34. The zero-order chi connectivity index (χ0) is 9.68. The Bertz CT molecular complexity index is 197. The van der Waals surface area contributed by atoms with Crippen molar-refractivity contribution in [2.24, 2.45) is 5.92 Å². The van der Waals surface area contributed by atoms with Crippen molar-refractivity contribution in [1.29, 1.82) is 0 Å². The van der Waals surface area contributed by atoms with Gasteiger partial charge in [0, 0.05) is 12.6 Å². The lowest BCUT2D eigenvalue weighted by atomic mass is 9.82. The second-order valence-corrected chi connectivity index (χ2v) is 3.39. The third kappa shape index (κ3) is 4.05. The molecular weight excluding hydrogens is 170 g/mol. The van der Waals surface area contributed by atoms with E-state index >= 15 is 0 Å². The van der Waals surface area contributed by atoms with Crippen molar-refractivity contribution in [3.05, 3.63) is 12.2 Å². The molecule has 0 heterocycles. The monoisotopic (exact) mass is 185 g/mol. The second kappa shape index (κ2) is 4.99. The molecule has 0 unspecified atom stereocenters. The van der Waals surface area contributed by atoms with Crippen LogP contribution < -0.4 is 5.32 Å². The topological polar surface area (TPSA) is 69.6 Å². The number of aliphatic carboxylic acids is 1. The molecule has 1 aliphatic rings. The number of carboxylic acid groups (broad SMARTS) is 1. The summed E-state index contributed by atoms with van der Waals surface area (Å²) in [4.78, 5) is 10.1. The van der Waals surface area contributed by atoms with Gasteiger partial charge >= 0.3 is 5.97 Å². The van der Waals surface area contributed by atoms with Gasteiger partial charge in [-0.1, -0.05) is 6.08 Å². The number of rotatable bonds is 5. The molecule has 1 saturated carbocycles. The third-order valence-corrected chi connectivity index (χ3v) is 2.17. The van der Waals surface area contributed by atoms with Crippen LogP contribution in [-0.2, 0) is 4.79 Å². The Morgan fingerprint density at radius 3 is 2.77 bits per heavy atom. The van der Waals surface area contributed by atoms with Crippen molar-refractivity contribution in [2.75, 3.05) is 13.1 Å². The predicted molar refractivity (Wildman–Crippen MR) is 48.4 cm³/mol. The number of carbonyl (C=O) groups is 1. The number of hydrogen-bond donors (Lipinski definition) is 3. The fraction of sp³-hybridized carbons (Fsp3) is 0.667. The van der Waals surface area contributed by atoms with E-state index in [-0.39, 0.29) is 6.10 Å². The van der Waals surface area contributed by atoms with Gasteiger partial charge in [-0.05, 0) is 25.3 Å². The highest BCUT2D eigenvalue weighted by atomic mass is 16.4. The van der Waals surface area contributed by atoms with Gasteiger partial charge in [0.05, 0.1) is 6.10 Å². The van der Waals surface area contributed by atoms with Crippen LogP contribution >= 0.6 is 0 Å². The lowest BCUT2D eigenvalue weighted by molar-refractivity contribution is -0.131. The lowest BCUT2D eigenvalue weighted by Crippen LogP contribution is -2.36. The van der Waals surface area contributed by atoms with Crippen LogP contribution in [-0.4, -0.2) is 35.4 Å². The summed E-state index contributed by atoms with van der Waals surface area (Å²) in [5, 5.41) is 20.3. The predicted octanol–water partition coefficient (Wildman–Crippen LogP) is -0.0123. The van der Waals surface area contributed by atoms with E-state index in [0.717, 1.165) is 25.5 Å². The first-order valence-corrected chi connectivity index (χ1v) is 4.46. The molecule has 1 aliphatic carbocycles. The molecule has 0 spiro atoms. The minimum atomic E-state index is -0.916. The quantitative estimate of drug-likeness (QED) is 0.416. The molecule has 0 aromatic carbocycles. The maximum absolute atomic E-state index is 10.1. The molecule has 13 heavy (non-hydrogen) atoms. The smallest absolute Gasteiger partial charge is 0.328 e. The summed E-state index contributed by atoms with van der Waals surface area (Å²) < 4.78 is 0. The van der Waals surface area contributed by atoms with E-state index in [9.17, 15) is 4.79 Å². The second-order valence-electron chi connectivity index (χ2n) is 3.39. The minimum absolute atomic E-state index is 0.110. The molecule has 0 aromatic rings. The van der Waals surface area contributed by atoms with Crippen LogP contribution in [0.25, 0.3) is 0 Å². The van der Waals surface area contributed by atoms with Crippen LogP contribution in [0.5, 0.6) is 0 Å². The Labute approximate surface area is 77.3 Å². The van der Waals surface area contributed by atoms with Gasteiger partial charge in [0.15, 0.2) is 0 Å². The first-order chi connectivity index (χ1) is 6.18. The van der Waals surface area contributed by atoms with Crippen molar-refractivity contribution in [3.63, 3.8) is 0 Å². The Balaban J connectivity index is 1.93. The van der Waals surface area contributed by atoms with Crippen LogP contribution in [0.15, 0.2) is 12.2 Å². The van der Waals surface area contributed by atoms with Gasteiger partial charge in [-0.25, -0.2) is 4.79 Å². The van der Waals surface area contributed by atoms with Crippen molar-refractivity contribution in [1.82, 2.24) is 5.32 Å². The number of aliphatic hydroxyl groups is 1. The molecule has 0 bridgehead atoms. The van der Waals surface area contributed by atoms with Crippen LogP contribution in [0.1, 0.15) is 12.8 Å². The molecule has 0 amide bonds. The fourth-order valence-corrected chi connectivity index (χ4v) is 1.40. The van der Waals surface area contributed by atoms with Crippen LogP contribution in [0, 0.1) is 5.92 Å². The van der Waals surface area contributed by atoms with E-state index in [1.54, 1.807) is 6.08 Å². The van der Waals surface area contributed by atoms with E-state index in [1.165, 1.54) is 0 Å². The summed E-state index contributed by atoms with van der Waals surface area (Å²) in [5.74, 6) is -0.353. The Morgan fingerprint density at radius 2 is 2.23 bits per heavy atom. The molecule has 4 nitrogen and oxygen atoms in total. The molecule has 0 aliphatic heterocycles. The van der Waals surface area contributed by atoms with Gasteiger partial charge in [-0.15, -0.1) is 0 Å². The molecule has 74 valence electrons. The fourth-order valence-electron chi connectivity index (χ4n) is 1.40. The average Bonchev–Trinajstić information content (AvgIpc) is 1.99. The van der Waals surface area contributed by atoms with Gasteiger partial charge in [0.25, 0.3) is 0 Å². The van der Waals surface area contributed by atoms with Crippen molar-refractivity contribution in [3.8, 4) is 0 Å². The third-order valence-electron chi connectivity index (χ3n) is 2.17. The lowest BCUT2D eigenvalue weighted by Gasteiger charge is -2.31. The zero-order valence-corrected chi connectivity index (χ0v) is 7.44. The van der Waals surface area contributed by atoms with Crippen molar-refractivity contribution < 1.29 is 15.0 Å². The standard InChI is InChI=1S/C9H15NO3/c11-8-4-7(5-8)6-10-3-1-2-9(12)13/h1-2,7-8,10-11H,3-6H2,(H,12,13)/b2-1+. The van der Waals surface area contributed by atoms with Crippen molar-refractivity contribution >= 4 is 5.97 Å². The largest absolute Gasteiger partial charge is 0.478 e. The van der Waals surface area contributed by atoms with Gasteiger partial charge in [-0.3, -0.25) is 0 Å². The van der Waals surface area contributed by atoms with E-state index in [0.29, 0.717) is 12.5 Å². The van der Waals surface area contributed by atoms with E-state index in [4.69, 9.17) is 10.2 Å². The molecule has 0 atom stereocenters. The summed E-state index contributed by atoms with van der Waals surface area (Å²) in [6, 6.07) is 0. The number of nitrogens with one attached hydrogen (secondary N) is 1. The van der Waals surface area contributed by atoms with Crippen LogP contribution in [0.3, 0.4) is 0 Å². The summed E-state index contributed by atoms with van der Waals surface area (Å²) in [6.45, 7) is 1.44. The molecule has 4 heteroatoms. The van der Waals surface area contributed by atoms with E-state index in [1.807, 2.05) is 0 Å². The molecule has 3 N–H and O–H groups in total. The van der Waals surface area contributed by atoms with Gasteiger partial charge in [0.2, 0.25) is 0 Å². The van der Waals surface area contributed by atoms with Gasteiger partial charge in [-0.2, -0.15) is 0 Å². The highest BCUT2D eigenvalue weighted by Gasteiger charge is 2.25. The Morgan fingerprint density at radius 1 is 1.54 bits per heavy atom. The Hall–Kier alpha value is -0.870. The SMILES string of the molecule is O=C(O)/C=C/CNCC1CC(O)C1. The number of carboxylic acids is 1. The summed E-state index contributed by atoms with van der Waals surface area (Å²) in [7, 11) is 0. The van der Waals surface area contributed by atoms with Gasteiger partial charge in [0.1, 0.15) is 0 Å². The maximum atomic E-state index is 10.1. The normalized spacial score (nSPS) is 27.5. The van der Waals surface area contributed by atoms with E-state index < -0.39 is 5.97 Å². The Kier molecular flexibility index (Phi) is 3.92. The van der Waals surface area contributed by atoms with Crippen LogP contribution in [0.2, 0.25) is 0 Å². The zero-order valence-electron chi connectivity index (χ0n) is 7.44. The molecule has 0 aromatic heterocycles. The summed E-state index contributed by atoms with van der Waals surface area (Å²) >= 11 is 0. The van der Waals surface area contributed by atoms with Gasteiger partial charge < -0.3 is 15.5 Å². The number of aliphatic hydroxyl groups excluding tert-OH is 1. The average molecular weight is 185 g/mol. The first-order valence-electron chi connectivity index (χ1n) is 4.46. The highest BCUT2D eigenvalue weighted by molar-refractivity contribution is 5.79. The molecule has 1 rings (SSSR count).